The Labute approximate surface area is 240 Å². The Morgan fingerprint density at radius 1 is 1.15 bits per heavy atom. The molecule has 0 radical (unpaired) electrons. The number of benzene rings is 2. The molecule has 214 valence electrons. The predicted molar refractivity (Wildman–Crippen MR) is 156 cm³/mol. The average molecular weight is 575 g/mol. The molecule has 0 amide bonds. The van der Waals surface area contributed by atoms with Gasteiger partial charge in [0, 0.05) is 18.3 Å². The highest BCUT2D eigenvalue weighted by Crippen LogP contribution is 2.43. The zero-order valence-electron chi connectivity index (χ0n) is 23.7. The summed E-state index contributed by atoms with van der Waals surface area (Å²) in [7, 11) is -1.69. The van der Waals surface area contributed by atoms with Crippen LogP contribution in [0, 0.1) is 12.7 Å². The number of fused-ring (bicyclic) bond motifs is 2. The first-order valence-electron chi connectivity index (χ1n) is 14.2. The van der Waals surface area contributed by atoms with Crippen molar-refractivity contribution >= 4 is 25.2 Å². The number of morpholine rings is 1. The summed E-state index contributed by atoms with van der Waals surface area (Å²) in [5, 5.41) is 16.8. The highest BCUT2D eigenvalue weighted by atomic mass is 28.3. The van der Waals surface area contributed by atoms with Crippen LogP contribution in [0.4, 0.5) is 4.39 Å². The van der Waals surface area contributed by atoms with Gasteiger partial charge in [-0.05, 0) is 65.5 Å². The van der Waals surface area contributed by atoms with Crippen LogP contribution in [0.1, 0.15) is 28.8 Å². The van der Waals surface area contributed by atoms with Gasteiger partial charge in [-0.25, -0.2) is 9.37 Å². The molecular weight excluding hydrogens is 539 g/mol. The van der Waals surface area contributed by atoms with E-state index in [0.717, 1.165) is 29.7 Å². The predicted octanol–water partition coefficient (Wildman–Crippen LogP) is 3.86. The molecule has 1 aromatic heterocycles. The van der Waals surface area contributed by atoms with Gasteiger partial charge in [0.05, 0.1) is 46.5 Å². The van der Waals surface area contributed by atoms with Crippen molar-refractivity contribution in [1.29, 1.82) is 0 Å². The van der Waals surface area contributed by atoms with E-state index in [1.165, 1.54) is 34.6 Å². The van der Waals surface area contributed by atoms with Gasteiger partial charge in [-0.1, -0.05) is 36.4 Å². The van der Waals surface area contributed by atoms with Crippen molar-refractivity contribution in [3.8, 4) is 5.69 Å². The number of ether oxygens (including phenoxy) is 2. The van der Waals surface area contributed by atoms with Crippen LogP contribution in [0.25, 0.3) is 11.8 Å². The molecule has 1 spiro atoms. The monoisotopic (exact) mass is 574 g/mol. The minimum atomic E-state index is -1.69. The normalized spacial score (nSPS) is 27.4. The molecule has 8 nitrogen and oxygen atoms in total. The largest absolute Gasteiger partial charge is 0.479 e. The third-order valence-corrected chi connectivity index (χ3v) is 12.6. The Balaban J connectivity index is 1.37. The van der Waals surface area contributed by atoms with Gasteiger partial charge in [0.15, 0.2) is 11.4 Å². The van der Waals surface area contributed by atoms with E-state index in [0.29, 0.717) is 31.4 Å². The van der Waals surface area contributed by atoms with Gasteiger partial charge in [0.25, 0.3) is 0 Å². The Morgan fingerprint density at radius 3 is 2.68 bits per heavy atom. The van der Waals surface area contributed by atoms with Gasteiger partial charge in [-0.3, -0.25) is 0 Å². The molecule has 2 unspecified atom stereocenters. The van der Waals surface area contributed by atoms with Crippen molar-refractivity contribution in [3.05, 3.63) is 82.9 Å². The molecule has 0 saturated carbocycles. The third kappa shape index (κ3) is 4.22. The van der Waals surface area contributed by atoms with E-state index in [9.17, 15) is 9.50 Å². The van der Waals surface area contributed by atoms with E-state index >= 15 is 0 Å². The minimum Gasteiger partial charge on any atom is -0.479 e. The summed E-state index contributed by atoms with van der Waals surface area (Å²) in [6, 6.07) is 11.8. The van der Waals surface area contributed by atoms with E-state index < -0.39 is 19.2 Å². The quantitative estimate of drug-likeness (QED) is 0.477. The number of aromatic nitrogens is 2. The summed E-state index contributed by atoms with van der Waals surface area (Å²) < 4.78 is 28.6. The van der Waals surface area contributed by atoms with Gasteiger partial charge >= 0.3 is 0 Å². The van der Waals surface area contributed by atoms with Crippen LogP contribution < -0.4 is 5.19 Å². The average Bonchev–Trinajstić information content (AvgIpc) is 3.68. The maximum atomic E-state index is 13.9. The second-order valence-corrected chi connectivity index (χ2v) is 17.2. The van der Waals surface area contributed by atoms with Crippen LogP contribution in [0.15, 0.2) is 59.8 Å². The fourth-order valence-corrected chi connectivity index (χ4v) is 10.0. The minimum absolute atomic E-state index is 0.136. The summed E-state index contributed by atoms with van der Waals surface area (Å²) in [6.07, 6.45) is 7.80. The van der Waals surface area contributed by atoms with Gasteiger partial charge in [-0.15, -0.1) is 0 Å². The molecule has 7 rings (SSSR count). The molecule has 41 heavy (non-hydrogen) atoms. The topological polar surface area (TPSA) is 81.3 Å². The van der Waals surface area contributed by atoms with Crippen molar-refractivity contribution in [3.63, 3.8) is 0 Å². The first kappa shape index (κ1) is 26.4. The Morgan fingerprint density at radius 2 is 1.98 bits per heavy atom. The molecule has 10 heteroatoms. The lowest BCUT2D eigenvalue weighted by Crippen LogP contribution is -2.65. The summed E-state index contributed by atoms with van der Waals surface area (Å²) >= 11 is 0. The van der Waals surface area contributed by atoms with Crippen molar-refractivity contribution in [1.82, 2.24) is 14.5 Å². The number of nitrogens with zero attached hydrogens (tertiary/aromatic N) is 4. The van der Waals surface area contributed by atoms with Gasteiger partial charge < -0.3 is 28.9 Å². The smallest absolute Gasteiger partial charge is 0.211 e. The molecule has 2 atom stereocenters. The van der Waals surface area contributed by atoms with Crippen molar-refractivity contribution in [2.24, 2.45) is 5.16 Å². The molecule has 5 heterocycles. The van der Waals surface area contributed by atoms with Crippen LogP contribution in [-0.2, 0) is 26.3 Å². The van der Waals surface area contributed by atoms with E-state index in [1.54, 1.807) is 12.1 Å². The van der Waals surface area contributed by atoms with Gasteiger partial charge in [0.1, 0.15) is 18.0 Å². The molecule has 0 aliphatic carbocycles. The molecule has 1 N–H and O–H groups in total. The Hall–Kier alpha value is -3.47. The maximum Gasteiger partial charge on any atom is 0.211 e. The molecule has 2 saturated heterocycles. The first-order chi connectivity index (χ1) is 19.7. The SMILES string of the molecule is Cc1cn(-c2ccc(C=C3OC4(CCOC4)CN4C3=NOCC4(CO)c3ccc(F)cc3)c3c2[Si](C)(C)CC3)cn1. The number of oxime groups is 1. The summed E-state index contributed by atoms with van der Waals surface area (Å²) in [4.78, 5) is 12.4. The highest BCUT2D eigenvalue weighted by molar-refractivity contribution is 6.91. The number of imidazole rings is 1. The number of hydrogen-bond acceptors (Lipinski definition) is 7. The molecule has 2 fully saturated rings. The van der Waals surface area contributed by atoms with E-state index in [4.69, 9.17) is 14.3 Å². The first-order valence-corrected chi connectivity index (χ1v) is 17.5. The maximum absolute atomic E-state index is 13.9. The Bertz CT molecular complexity index is 1560. The fraction of sp³-hybridized carbons (Fsp3) is 0.419. The van der Waals surface area contributed by atoms with Crippen molar-refractivity contribution < 1.29 is 23.8 Å². The number of amidine groups is 1. The van der Waals surface area contributed by atoms with Crippen LogP contribution >= 0.6 is 0 Å². The number of aryl methyl sites for hydroxylation is 1. The lowest BCUT2D eigenvalue weighted by molar-refractivity contribution is -0.101. The van der Waals surface area contributed by atoms with Gasteiger partial charge in [0.2, 0.25) is 5.84 Å². The van der Waals surface area contributed by atoms with Crippen LogP contribution in [0.2, 0.25) is 19.1 Å². The molecule has 0 bridgehead atoms. The molecular formula is C31H35FN4O4Si. The lowest BCUT2D eigenvalue weighted by Gasteiger charge is -2.52. The van der Waals surface area contributed by atoms with Crippen LogP contribution in [0.5, 0.6) is 0 Å². The number of rotatable bonds is 4. The Kier molecular flexibility index (Phi) is 6.15. The van der Waals surface area contributed by atoms with E-state index in [2.05, 4.69) is 57.1 Å². The standard InChI is InChI=1S/C31H35FN4O4Si/c1-21-15-35(20-33-21)26-9-4-22(25-10-13-41(2,3)28(25)26)14-27-29-34-39-19-31(17-37,23-5-7-24(32)8-6-23)36(29)16-30(40-27)11-12-38-18-30/h4-9,14-15,20,37H,10-13,16-19H2,1-3H3. The van der Waals surface area contributed by atoms with Crippen LogP contribution in [-0.4, -0.2) is 72.0 Å². The van der Waals surface area contributed by atoms with E-state index in [-0.39, 0.29) is 19.0 Å². The van der Waals surface area contributed by atoms with Gasteiger partial charge in [-0.2, -0.15) is 0 Å². The molecule has 3 aromatic rings. The van der Waals surface area contributed by atoms with Crippen molar-refractivity contribution in [2.75, 3.05) is 33.0 Å². The fourth-order valence-electron chi connectivity index (χ4n) is 6.93. The second kappa shape index (κ2) is 9.54. The molecule has 4 aliphatic rings. The number of halogens is 1. The summed E-state index contributed by atoms with van der Waals surface area (Å²) in [5.41, 5.74) is 3.88. The lowest BCUT2D eigenvalue weighted by atomic mass is 9.85. The number of aliphatic hydroxyl groups excluding tert-OH is 1. The van der Waals surface area contributed by atoms with Crippen molar-refractivity contribution in [2.45, 2.75) is 50.0 Å². The second-order valence-electron chi connectivity index (χ2n) is 12.4. The number of hydrogen-bond donors (Lipinski definition) is 1. The van der Waals surface area contributed by atoms with Crippen LogP contribution in [0.3, 0.4) is 0 Å². The highest BCUT2D eigenvalue weighted by Gasteiger charge is 2.54. The summed E-state index contributed by atoms with van der Waals surface area (Å²) in [5.74, 6) is 0.802. The zero-order valence-corrected chi connectivity index (χ0v) is 24.7. The van der Waals surface area contributed by atoms with E-state index in [1.807, 2.05) is 13.3 Å². The third-order valence-electron chi connectivity index (χ3n) is 9.21. The molecule has 4 aliphatic heterocycles. The molecule has 2 aromatic carbocycles. The zero-order chi connectivity index (χ0) is 28.4. The number of aliphatic hydroxyl groups is 1. The summed E-state index contributed by atoms with van der Waals surface area (Å²) in [6.45, 7) is 8.30.